The lowest BCUT2D eigenvalue weighted by molar-refractivity contribution is 0.0751. The number of carbonyl (C=O) groups excluding carboxylic acids is 1. The topological polar surface area (TPSA) is 56.6 Å². The van der Waals surface area contributed by atoms with Crippen LogP contribution in [0.1, 0.15) is 34.1 Å². The van der Waals surface area contributed by atoms with E-state index < -0.39 is 0 Å². The van der Waals surface area contributed by atoms with Crippen LogP contribution in [0, 0.1) is 13.8 Å². The minimum Gasteiger partial charge on any atom is -0.493 e. The summed E-state index contributed by atoms with van der Waals surface area (Å²) in [6.07, 6.45) is 1.65. The monoisotopic (exact) mass is 393 g/mol. The van der Waals surface area contributed by atoms with Gasteiger partial charge in [-0.25, -0.2) is 4.68 Å². The van der Waals surface area contributed by atoms with Gasteiger partial charge in [-0.1, -0.05) is 18.2 Å². The summed E-state index contributed by atoms with van der Waals surface area (Å²) in [5.41, 5.74) is 4.50. The van der Waals surface area contributed by atoms with Crippen molar-refractivity contribution in [2.24, 2.45) is 0 Å². The molecule has 1 heterocycles. The van der Waals surface area contributed by atoms with Gasteiger partial charge in [0.15, 0.2) is 11.5 Å². The van der Waals surface area contributed by atoms with Gasteiger partial charge in [-0.15, -0.1) is 0 Å². The lowest BCUT2D eigenvalue weighted by atomic mass is 10.1. The van der Waals surface area contributed by atoms with Crippen LogP contribution in [0.15, 0.2) is 48.7 Å². The maximum absolute atomic E-state index is 13.2. The van der Waals surface area contributed by atoms with Crippen LogP contribution >= 0.6 is 0 Å². The number of benzene rings is 2. The number of rotatable bonds is 7. The normalized spacial score (nSPS) is 10.7. The Morgan fingerprint density at radius 3 is 2.48 bits per heavy atom. The molecule has 0 aliphatic carbocycles. The molecule has 0 bridgehead atoms. The molecule has 0 fully saturated rings. The molecule has 0 saturated heterocycles. The molecule has 2 aromatic carbocycles. The number of ether oxygens (including phenoxy) is 2. The van der Waals surface area contributed by atoms with Crippen LogP contribution in [0.3, 0.4) is 0 Å². The van der Waals surface area contributed by atoms with Crippen molar-refractivity contribution in [2.45, 2.75) is 27.3 Å². The van der Waals surface area contributed by atoms with Gasteiger partial charge in [0, 0.05) is 13.1 Å². The number of carbonyl (C=O) groups is 1. The largest absolute Gasteiger partial charge is 0.493 e. The molecule has 0 N–H and O–H groups in total. The quantitative estimate of drug-likeness (QED) is 0.605. The summed E-state index contributed by atoms with van der Waals surface area (Å²) in [4.78, 5) is 15.0. The molecule has 29 heavy (non-hydrogen) atoms. The van der Waals surface area contributed by atoms with Crippen LogP contribution in [0.4, 0.5) is 0 Å². The maximum Gasteiger partial charge on any atom is 0.257 e. The van der Waals surface area contributed by atoms with Crippen LogP contribution < -0.4 is 9.47 Å². The standard InChI is InChI=1S/C23H27N3O3/c1-6-25(15-18-10-11-21(28-4)22(13-18)29-5)23(27)20-14-24-26(17(20)3)19-9-7-8-16(2)12-19/h7-14H,6,15H2,1-5H3. The Hall–Kier alpha value is -3.28. The number of nitrogens with zero attached hydrogens (tertiary/aromatic N) is 3. The molecule has 1 aromatic heterocycles. The van der Waals surface area contributed by atoms with Crippen LogP contribution in [0.2, 0.25) is 0 Å². The molecule has 152 valence electrons. The molecule has 6 heteroatoms. The van der Waals surface area contributed by atoms with Gasteiger partial charge >= 0.3 is 0 Å². The summed E-state index contributed by atoms with van der Waals surface area (Å²) < 4.78 is 12.5. The van der Waals surface area contributed by atoms with Gasteiger partial charge in [-0.05, 0) is 56.2 Å². The smallest absolute Gasteiger partial charge is 0.257 e. The van der Waals surface area contributed by atoms with Gasteiger partial charge < -0.3 is 14.4 Å². The second-order valence-corrected chi connectivity index (χ2v) is 6.90. The highest BCUT2D eigenvalue weighted by Gasteiger charge is 2.21. The summed E-state index contributed by atoms with van der Waals surface area (Å²) in [7, 11) is 3.21. The Kier molecular flexibility index (Phi) is 6.22. The molecular weight excluding hydrogens is 366 g/mol. The van der Waals surface area contributed by atoms with E-state index in [4.69, 9.17) is 9.47 Å². The number of amides is 1. The highest BCUT2D eigenvalue weighted by Crippen LogP contribution is 2.28. The Morgan fingerprint density at radius 1 is 1.07 bits per heavy atom. The lowest BCUT2D eigenvalue weighted by Crippen LogP contribution is -2.30. The Bertz CT molecular complexity index is 1010. The number of aryl methyl sites for hydroxylation is 1. The average molecular weight is 393 g/mol. The molecule has 0 aliphatic heterocycles. The lowest BCUT2D eigenvalue weighted by Gasteiger charge is -2.21. The van der Waals surface area contributed by atoms with Gasteiger partial charge in [-0.2, -0.15) is 5.10 Å². The third-order valence-electron chi connectivity index (χ3n) is 4.98. The summed E-state index contributed by atoms with van der Waals surface area (Å²) in [6.45, 7) is 7.00. The van der Waals surface area contributed by atoms with Crippen molar-refractivity contribution >= 4 is 5.91 Å². The molecule has 0 unspecified atom stereocenters. The number of methoxy groups -OCH3 is 2. The fraction of sp³-hybridized carbons (Fsp3) is 0.304. The van der Waals surface area contributed by atoms with Crippen molar-refractivity contribution in [1.82, 2.24) is 14.7 Å². The fourth-order valence-corrected chi connectivity index (χ4v) is 3.34. The van der Waals surface area contributed by atoms with E-state index >= 15 is 0 Å². The summed E-state index contributed by atoms with van der Waals surface area (Å²) in [5.74, 6) is 1.27. The fourth-order valence-electron chi connectivity index (χ4n) is 3.34. The zero-order valence-corrected chi connectivity index (χ0v) is 17.6. The molecule has 0 aliphatic rings. The molecule has 6 nitrogen and oxygen atoms in total. The van der Waals surface area contributed by atoms with Crippen LogP contribution in [0.25, 0.3) is 5.69 Å². The first kappa shape index (κ1) is 20.5. The van der Waals surface area contributed by atoms with E-state index in [1.807, 2.05) is 61.9 Å². The van der Waals surface area contributed by atoms with Gasteiger partial charge in [0.2, 0.25) is 0 Å². The first-order chi connectivity index (χ1) is 14.0. The Morgan fingerprint density at radius 2 is 1.83 bits per heavy atom. The Balaban J connectivity index is 1.85. The zero-order chi connectivity index (χ0) is 21.0. The van der Waals surface area contributed by atoms with Gasteiger partial charge in [0.1, 0.15) is 0 Å². The van der Waals surface area contributed by atoms with E-state index in [0.29, 0.717) is 30.2 Å². The molecular formula is C23H27N3O3. The van der Waals surface area contributed by atoms with E-state index in [2.05, 4.69) is 11.2 Å². The van der Waals surface area contributed by atoms with Gasteiger partial charge in [0.25, 0.3) is 5.91 Å². The summed E-state index contributed by atoms with van der Waals surface area (Å²) >= 11 is 0. The zero-order valence-electron chi connectivity index (χ0n) is 17.6. The molecule has 3 aromatic rings. The molecule has 0 saturated carbocycles. The second kappa shape index (κ2) is 8.82. The third kappa shape index (κ3) is 4.26. The number of hydrogen-bond donors (Lipinski definition) is 0. The van der Waals surface area contributed by atoms with Crippen molar-refractivity contribution in [3.8, 4) is 17.2 Å². The van der Waals surface area contributed by atoms with Crippen LogP contribution in [-0.2, 0) is 6.54 Å². The SMILES string of the molecule is CCN(Cc1ccc(OC)c(OC)c1)C(=O)c1cnn(-c2cccc(C)c2)c1C. The van der Waals surface area contributed by atoms with E-state index in [1.165, 1.54) is 0 Å². The Labute approximate surface area is 171 Å². The van der Waals surface area contributed by atoms with Crippen LogP contribution in [-0.4, -0.2) is 41.4 Å². The minimum absolute atomic E-state index is 0.0429. The molecule has 0 radical (unpaired) electrons. The first-order valence-electron chi connectivity index (χ1n) is 9.60. The number of hydrogen-bond acceptors (Lipinski definition) is 4. The second-order valence-electron chi connectivity index (χ2n) is 6.90. The van der Waals surface area contributed by atoms with Crippen molar-refractivity contribution in [3.05, 3.63) is 71.0 Å². The van der Waals surface area contributed by atoms with Crippen molar-refractivity contribution < 1.29 is 14.3 Å². The average Bonchev–Trinajstić information content (AvgIpc) is 3.12. The van der Waals surface area contributed by atoms with E-state index in [1.54, 1.807) is 25.3 Å². The molecule has 3 rings (SSSR count). The summed E-state index contributed by atoms with van der Waals surface area (Å²) in [5, 5.41) is 4.45. The molecule has 1 amide bonds. The maximum atomic E-state index is 13.2. The molecule has 0 spiro atoms. The van der Waals surface area contributed by atoms with E-state index in [0.717, 1.165) is 22.5 Å². The van der Waals surface area contributed by atoms with Crippen LogP contribution in [0.5, 0.6) is 11.5 Å². The summed E-state index contributed by atoms with van der Waals surface area (Å²) in [6, 6.07) is 13.8. The number of aromatic nitrogens is 2. The van der Waals surface area contributed by atoms with Crippen molar-refractivity contribution in [1.29, 1.82) is 0 Å². The third-order valence-corrected chi connectivity index (χ3v) is 4.98. The highest BCUT2D eigenvalue weighted by molar-refractivity contribution is 5.95. The first-order valence-corrected chi connectivity index (χ1v) is 9.60. The highest BCUT2D eigenvalue weighted by atomic mass is 16.5. The van der Waals surface area contributed by atoms with E-state index in [9.17, 15) is 4.79 Å². The van der Waals surface area contributed by atoms with Crippen molar-refractivity contribution in [2.75, 3.05) is 20.8 Å². The van der Waals surface area contributed by atoms with Crippen molar-refractivity contribution in [3.63, 3.8) is 0 Å². The minimum atomic E-state index is -0.0429. The predicted molar refractivity (Wildman–Crippen MR) is 113 cm³/mol. The van der Waals surface area contributed by atoms with E-state index in [-0.39, 0.29) is 5.91 Å². The van der Waals surface area contributed by atoms with Gasteiger partial charge in [0.05, 0.1) is 37.4 Å². The predicted octanol–water partition coefficient (Wildman–Crippen LogP) is 4.17. The molecule has 0 atom stereocenters. The van der Waals surface area contributed by atoms with Gasteiger partial charge in [-0.3, -0.25) is 4.79 Å².